The van der Waals surface area contributed by atoms with Gasteiger partial charge < -0.3 is 5.73 Å². The maximum atomic E-state index is 11.5. The molecule has 1 aliphatic carbocycles. The molecule has 2 N–H and O–H groups in total. The summed E-state index contributed by atoms with van der Waals surface area (Å²) >= 11 is 0. The van der Waals surface area contributed by atoms with E-state index in [0.29, 0.717) is 29.9 Å². The molecule has 0 aromatic carbocycles. The van der Waals surface area contributed by atoms with E-state index in [0.717, 1.165) is 13.1 Å². The van der Waals surface area contributed by atoms with Crippen LogP contribution in [0.15, 0.2) is 0 Å². The Balaban J connectivity index is 1.91. The van der Waals surface area contributed by atoms with Crippen molar-refractivity contribution in [3.05, 3.63) is 0 Å². The fourth-order valence-corrected chi connectivity index (χ4v) is 4.89. The van der Waals surface area contributed by atoms with Crippen molar-refractivity contribution in [1.82, 2.24) is 4.90 Å². The molecule has 4 nitrogen and oxygen atoms in total. The molecule has 2 rings (SSSR count). The molecule has 0 amide bonds. The van der Waals surface area contributed by atoms with E-state index in [-0.39, 0.29) is 6.04 Å². The summed E-state index contributed by atoms with van der Waals surface area (Å²) in [6.45, 7) is 4.56. The van der Waals surface area contributed by atoms with Crippen LogP contribution in [-0.2, 0) is 9.84 Å². The zero-order valence-electron chi connectivity index (χ0n) is 10.6. The van der Waals surface area contributed by atoms with Crippen LogP contribution in [0.25, 0.3) is 0 Å². The maximum Gasteiger partial charge on any atom is 0.153 e. The molecule has 3 unspecified atom stereocenters. The predicted molar refractivity (Wildman–Crippen MR) is 69.6 cm³/mol. The molecule has 1 saturated carbocycles. The highest BCUT2D eigenvalue weighted by atomic mass is 32.2. The summed E-state index contributed by atoms with van der Waals surface area (Å²) in [7, 11) is -2.78. The summed E-state index contributed by atoms with van der Waals surface area (Å²) in [4.78, 5) is 2.35. The number of hydrogen-bond acceptors (Lipinski definition) is 4. The normalized spacial score (nSPS) is 38.4. The molecule has 3 atom stereocenters. The minimum atomic E-state index is -2.78. The van der Waals surface area contributed by atoms with E-state index in [4.69, 9.17) is 5.73 Å². The highest BCUT2D eigenvalue weighted by Gasteiger charge is 2.33. The highest BCUT2D eigenvalue weighted by molar-refractivity contribution is 7.91. The molecule has 1 saturated heterocycles. The fraction of sp³-hybridized carbons (Fsp3) is 1.00. The molecule has 5 heteroatoms. The van der Waals surface area contributed by atoms with Gasteiger partial charge in [-0.2, -0.15) is 0 Å². The van der Waals surface area contributed by atoms with Crippen LogP contribution in [0.5, 0.6) is 0 Å². The molecule has 1 aliphatic heterocycles. The zero-order chi connectivity index (χ0) is 12.5. The molecule has 100 valence electrons. The summed E-state index contributed by atoms with van der Waals surface area (Å²) in [6.07, 6.45) is 3.80. The van der Waals surface area contributed by atoms with E-state index in [9.17, 15) is 8.42 Å². The van der Waals surface area contributed by atoms with E-state index in [1.165, 1.54) is 19.3 Å². The number of hydrogen-bond donors (Lipinski definition) is 1. The van der Waals surface area contributed by atoms with Gasteiger partial charge in [0.15, 0.2) is 9.84 Å². The third kappa shape index (κ3) is 3.20. The van der Waals surface area contributed by atoms with Gasteiger partial charge in [-0.15, -0.1) is 0 Å². The highest BCUT2D eigenvalue weighted by Crippen LogP contribution is 2.32. The molecular formula is C12H24N2O2S. The van der Waals surface area contributed by atoms with E-state index in [1.54, 1.807) is 0 Å². The van der Waals surface area contributed by atoms with E-state index in [2.05, 4.69) is 4.90 Å². The second-order valence-electron chi connectivity index (χ2n) is 5.65. The van der Waals surface area contributed by atoms with Gasteiger partial charge >= 0.3 is 0 Å². The molecule has 0 spiro atoms. The Morgan fingerprint density at radius 2 is 2.00 bits per heavy atom. The average Bonchev–Trinajstić information content (AvgIpc) is 2.69. The van der Waals surface area contributed by atoms with Crippen molar-refractivity contribution < 1.29 is 8.42 Å². The Morgan fingerprint density at radius 1 is 1.29 bits per heavy atom. The SMILES string of the molecule is CC1CS(=O)(=O)CCN1CC1CCCC1CN. The lowest BCUT2D eigenvalue weighted by Crippen LogP contribution is -2.49. The first-order valence-electron chi connectivity index (χ1n) is 6.66. The Kier molecular flexibility index (Phi) is 4.10. The topological polar surface area (TPSA) is 63.4 Å². The first-order chi connectivity index (χ1) is 8.02. The van der Waals surface area contributed by atoms with Crippen molar-refractivity contribution in [3.63, 3.8) is 0 Å². The van der Waals surface area contributed by atoms with Gasteiger partial charge in [-0.05, 0) is 38.1 Å². The number of nitrogens with two attached hydrogens (primary N) is 1. The molecule has 0 aromatic rings. The maximum absolute atomic E-state index is 11.5. The molecule has 17 heavy (non-hydrogen) atoms. The third-order valence-electron chi connectivity index (χ3n) is 4.40. The van der Waals surface area contributed by atoms with E-state index >= 15 is 0 Å². The van der Waals surface area contributed by atoms with Gasteiger partial charge in [0.05, 0.1) is 11.5 Å². The van der Waals surface area contributed by atoms with Gasteiger partial charge in [-0.3, -0.25) is 4.90 Å². The van der Waals surface area contributed by atoms with Gasteiger partial charge in [0.25, 0.3) is 0 Å². The third-order valence-corrected chi connectivity index (χ3v) is 6.19. The van der Waals surface area contributed by atoms with Crippen molar-refractivity contribution in [3.8, 4) is 0 Å². The zero-order valence-corrected chi connectivity index (χ0v) is 11.5. The summed E-state index contributed by atoms with van der Waals surface area (Å²) in [5.41, 5.74) is 5.79. The van der Waals surface area contributed by atoms with Gasteiger partial charge in [-0.25, -0.2) is 8.42 Å². The largest absolute Gasteiger partial charge is 0.330 e. The van der Waals surface area contributed by atoms with Crippen LogP contribution in [0.3, 0.4) is 0 Å². The number of rotatable bonds is 3. The van der Waals surface area contributed by atoms with Crippen molar-refractivity contribution >= 4 is 9.84 Å². The monoisotopic (exact) mass is 260 g/mol. The van der Waals surface area contributed by atoms with Crippen LogP contribution in [0.1, 0.15) is 26.2 Å². The summed E-state index contributed by atoms with van der Waals surface area (Å²) < 4.78 is 23.0. The summed E-state index contributed by atoms with van der Waals surface area (Å²) in [6, 6.07) is 0.174. The van der Waals surface area contributed by atoms with Gasteiger partial charge in [0.2, 0.25) is 0 Å². The Hall–Kier alpha value is -0.130. The smallest absolute Gasteiger partial charge is 0.153 e. The van der Waals surface area contributed by atoms with Crippen molar-refractivity contribution in [2.75, 3.05) is 31.1 Å². The lowest BCUT2D eigenvalue weighted by Gasteiger charge is -2.36. The van der Waals surface area contributed by atoms with Crippen molar-refractivity contribution in [2.45, 2.75) is 32.2 Å². The van der Waals surface area contributed by atoms with Crippen LogP contribution in [-0.4, -0.2) is 50.5 Å². The van der Waals surface area contributed by atoms with Crippen LogP contribution < -0.4 is 5.73 Å². The van der Waals surface area contributed by atoms with Crippen molar-refractivity contribution in [2.24, 2.45) is 17.6 Å². The Labute approximate surface area is 104 Å². The summed E-state index contributed by atoms with van der Waals surface area (Å²) in [5, 5.41) is 0. The minimum Gasteiger partial charge on any atom is -0.330 e. The molecule has 2 aliphatic rings. The molecule has 0 aromatic heterocycles. The average molecular weight is 260 g/mol. The van der Waals surface area contributed by atoms with Crippen molar-refractivity contribution in [1.29, 1.82) is 0 Å². The first kappa shape index (κ1) is 13.3. The van der Waals surface area contributed by atoms with Gasteiger partial charge in [0, 0.05) is 19.1 Å². The fourth-order valence-electron chi connectivity index (χ4n) is 3.27. The van der Waals surface area contributed by atoms with E-state index in [1.807, 2.05) is 6.92 Å². The Morgan fingerprint density at radius 3 is 2.65 bits per heavy atom. The molecule has 0 bridgehead atoms. The Bertz CT molecular complexity index is 356. The van der Waals surface area contributed by atoms with Crippen LogP contribution >= 0.6 is 0 Å². The van der Waals surface area contributed by atoms with Crippen LogP contribution in [0.4, 0.5) is 0 Å². The standard InChI is InChI=1S/C12H24N2O2S/c1-10-9-17(15,16)6-5-14(10)8-12-4-2-3-11(12)7-13/h10-12H,2-9,13H2,1H3. The lowest BCUT2D eigenvalue weighted by atomic mass is 9.95. The molecule has 0 radical (unpaired) electrons. The second kappa shape index (κ2) is 5.24. The minimum absolute atomic E-state index is 0.174. The molecule has 1 heterocycles. The summed E-state index contributed by atoms with van der Waals surface area (Å²) in [5.74, 6) is 1.99. The lowest BCUT2D eigenvalue weighted by molar-refractivity contribution is 0.173. The van der Waals surface area contributed by atoms with E-state index < -0.39 is 9.84 Å². The quantitative estimate of drug-likeness (QED) is 0.802. The second-order valence-corrected chi connectivity index (χ2v) is 7.87. The van der Waals surface area contributed by atoms with Crippen LogP contribution in [0.2, 0.25) is 0 Å². The first-order valence-corrected chi connectivity index (χ1v) is 8.48. The van der Waals surface area contributed by atoms with Crippen LogP contribution in [0, 0.1) is 11.8 Å². The number of sulfone groups is 1. The molecule has 2 fully saturated rings. The van der Waals surface area contributed by atoms with Gasteiger partial charge in [-0.1, -0.05) is 6.42 Å². The predicted octanol–water partition coefficient (Wildman–Crippen LogP) is 0.480. The van der Waals surface area contributed by atoms with Gasteiger partial charge in [0.1, 0.15) is 0 Å². The molecular weight excluding hydrogens is 236 g/mol. The number of nitrogens with zero attached hydrogens (tertiary/aromatic N) is 1.